The summed E-state index contributed by atoms with van der Waals surface area (Å²) in [6, 6.07) is 6.14. The zero-order valence-electron chi connectivity index (χ0n) is 10.9. The molecule has 1 aliphatic rings. The molecule has 1 aromatic rings. The molecule has 1 saturated heterocycles. The molecule has 1 fully saturated rings. The molecule has 1 heterocycles. The summed E-state index contributed by atoms with van der Waals surface area (Å²) < 4.78 is 0. The summed E-state index contributed by atoms with van der Waals surface area (Å²) in [5.41, 5.74) is 2.73. The van der Waals surface area contributed by atoms with E-state index in [1.54, 1.807) is 0 Å². The molecule has 0 saturated carbocycles. The molecule has 1 N–H and O–H groups in total. The minimum atomic E-state index is 0.158. The molecule has 2 rings (SSSR count). The summed E-state index contributed by atoms with van der Waals surface area (Å²) in [7, 11) is 0. The Morgan fingerprint density at radius 3 is 2.88 bits per heavy atom. The molecule has 0 aromatic heterocycles. The van der Waals surface area contributed by atoms with E-state index in [9.17, 15) is 0 Å². The Labute approximate surface area is 109 Å². The molecular formula is C14H21ClN2. The first-order valence-electron chi connectivity index (χ1n) is 6.24. The van der Waals surface area contributed by atoms with Crippen LogP contribution in [0.25, 0.3) is 0 Å². The molecule has 0 amide bonds. The lowest BCUT2D eigenvalue weighted by atomic mass is 10.0. The molecule has 0 bridgehead atoms. The number of anilines is 1. The van der Waals surface area contributed by atoms with Crippen molar-refractivity contribution >= 4 is 17.3 Å². The van der Waals surface area contributed by atoms with E-state index in [1.165, 1.54) is 17.7 Å². The van der Waals surface area contributed by atoms with E-state index in [1.807, 2.05) is 6.07 Å². The van der Waals surface area contributed by atoms with Gasteiger partial charge < -0.3 is 10.2 Å². The molecule has 0 atom stereocenters. The van der Waals surface area contributed by atoms with E-state index in [4.69, 9.17) is 11.6 Å². The summed E-state index contributed by atoms with van der Waals surface area (Å²) in [5, 5.41) is 4.40. The summed E-state index contributed by atoms with van der Waals surface area (Å²) in [5.74, 6) is 0. The molecule has 1 aliphatic heterocycles. The second-order valence-corrected chi connectivity index (χ2v) is 5.95. The topological polar surface area (TPSA) is 15.3 Å². The molecule has 0 aliphatic carbocycles. The van der Waals surface area contributed by atoms with E-state index in [2.05, 4.69) is 43.1 Å². The summed E-state index contributed by atoms with van der Waals surface area (Å²) in [6.45, 7) is 9.86. The molecule has 0 unspecified atom stereocenters. The predicted octanol–water partition coefficient (Wildman–Crippen LogP) is 3.23. The summed E-state index contributed by atoms with van der Waals surface area (Å²) in [6.07, 6.45) is 1.18. The minimum absolute atomic E-state index is 0.158. The van der Waals surface area contributed by atoms with Crippen molar-refractivity contribution in [2.45, 2.75) is 32.7 Å². The highest BCUT2D eigenvalue weighted by Gasteiger charge is 2.24. The van der Waals surface area contributed by atoms with E-state index < -0.39 is 0 Å². The van der Waals surface area contributed by atoms with Gasteiger partial charge in [-0.3, -0.25) is 0 Å². The maximum absolute atomic E-state index is 6.11. The van der Waals surface area contributed by atoms with Crippen LogP contribution in [0.3, 0.4) is 0 Å². The molecule has 94 valence electrons. The van der Waals surface area contributed by atoms with Crippen LogP contribution < -0.4 is 10.2 Å². The molecule has 17 heavy (non-hydrogen) atoms. The van der Waals surface area contributed by atoms with Crippen LogP contribution in [0.1, 0.15) is 25.8 Å². The summed E-state index contributed by atoms with van der Waals surface area (Å²) in [4.78, 5) is 2.45. The van der Waals surface area contributed by atoms with Crippen LogP contribution >= 0.6 is 11.6 Å². The van der Waals surface area contributed by atoms with Gasteiger partial charge in [-0.25, -0.2) is 0 Å². The molecular weight excluding hydrogens is 232 g/mol. The van der Waals surface area contributed by atoms with Gasteiger partial charge in [-0.2, -0.15) is 0 Å². The number of hydrogen-bond acceptors (Lipinski definition) is 2. The zero-order valence-corrected chi connectivity index (χ0v) is 11.6. The number of hydrogen-bond donors (Lipinski definition) is 1. The average molecular weight is 253 g/mol. The van der Waals surface area contributed by atoms with Crippen molar-refractivity contribution in [3.63, 3.8) is 0 Å². The maximum Gasteiger partial charge on any atom is 0.0426 e. The van der Waals surface area contributed by atoms with E-state index in [0.29, 0.717) is 0 Å². The largest absolute Gasteiger partial charge is 0.369 e. The number of nitrogens with zero attached hydrogens (tertiary/aromatic N) is 1. The number of benzene rings is 1. The number of halogens is 1. The van der Waals surface area contributed by atoms with Gasteiger partial charge >= 0.3 is 0 Å². The minimum Gasteiger partial charge on any atom is -0.369 e. The Hall–Kier alpha value is -0.730. The predicted molar refractivity (Wildman–Crippen MR) is 75.1 cm³/mol. The van der Waals surface area contributed by atoms with Crippen LogP contribution in [0.5, 0.6) is 0 Å². The van der Waals surface area contributed by atoms with Gasteiger partial charge in [0.1, 0.15) is 0 Å². The van der Waals surface area contributed by atoms with Crippen LogP contribution in [0.4, 0.5) is 5.69 Å². The van der Waals surface area contributed by atoms with Crippen molar-refractivity contribution in [2.75, 3.05) is 24.5 Å². The smallest absolute Gasteiger partial charge is 0.0426 e. The van der Waals surface area contributed by atoms with E-state index in [-0.39, 0.29) is 5.54 Å². The molecule has 3 heteroatoms. The third-order valence-electron chi connectivity index (χ3n) is 3.31. The van der Waals surface area contributed by atoms with Gasteiger partial charge in [-0.15, -0.1) is 0 Å². The summed E-state index contributed by atoms with van der Waals surface area (Å²) >= 11 is 6.11. The maximum atomic E-state index is 6.11. The van der Waals surface area contributed by atoms with Gasteiger partial charge in [0.25, 0.3) is 0 Å². The van der Waals surface area contributed by atoms with Gasteiger partial charge in [0.15, 0.2) is 0 Å². The van der Waals surface area contributed by atoms with Gasteiger partial charge in [0.2, 0.25) is 0 Å². The first-order valence-corrected chi connectivity index (χ1v) is 6.62. The standard InChI is InChI=1S/C14H21ClN2/c1-11-5-6-12(15)9-13(11)17-8-4-7-16-14(2,3)10-17/h5-6,9,16H,4,7-8,10H2,1-3H3. The van der Waals surface area contributed by atoms with Gasteiger partial charge in [-0.1, -0.05) is 17.7 Å². The average Bonchev–Trinajstić information content (AvgIpc) is 2.43. The Kier molecular flexibility index (Phi) is 3.64. The van der Waals surface area contributed by atoms with Crippen molar-refractivity contribution in [2.24, 2.45) is 0 Å². The monoisotopic (exact) mass is 252 g/mol. The van der Waals surface area contributed by atoms with Gasteiger partial charge in [0, 0.05) is 29.3 Å². The first kappa shape index (κ1) is 12.7. The molecule has 1 aromatic carbocycles. The number of aryl methyl sites for hydroxylation is 1. The fraction of sp³-hybridized carbons (Fsp3) is 0.571. The van der Waals surface area contributed by atoms with E-state index >= 15 is 0 Å². The van der Waals surface area contributed by atoms with Crippen LogP contribution in [-0.4, -0.2) is 25.2 Å². The highest BCUT2D eigenvalue weighted by Crippen LogP contribution is 2.26. The van der Waals surface area contributed by atoms with Crippen molar-refractivity contribution in [3.05, 3.63) is 28.8 Å². The molecule has 0 spiro atoms. The lowest BCUT2D eigenvalue weighted by Gasteiger charge is -2.32. The zero-order chi connectivity index (χ0) is 12.5. The van der Waals surface area contributed by atoms with Crippen LogP contribution in [-0.2, 0) is 0 Å². The van der Waals surface area contributed by atoms with Crippen molar-refractivity contribution in [3.8, 4) is 0 Å². The fourth-order valence-corrected chi connectivity index (χ4v) is 2.60. The number of nitrogens with one attached hydrogen (secondary N) is 1. The van der Waals surface area contributed by atoms with Crippen molar-refractivity contribution in [1.82, 2.24) is 5.32 Å². The van der Waals surface area contributed by atoms with Crippen molar-refractivity contribution in [1.29, 1.82) is 0 Å². The Bertz CT molecular complexity index is 401. The Morgan fingerprint density at radius 1 is 1.35 bits per heavy atom. The Morgan fingerprint density at radius 2 is 2.12 bits per heavy atom. The SMILES string of the molecule is Cc1ccc(Cl)cc1N1CCCNC(C)(C)C1. The molecule has 2 nitrogen and oxygen atoms in total. The first-order chi connectivity index (χ1) is 7.98. The fourth-order valence-electron chi connectivity index (χ4n) is 2.44. The number of rotatable bonds is 1. The molecule has 0 radical (unpaired) electrons. The second-order valence-electron chi connectivity index (χ2n) is 5.52. The highest BCUT2D eigenvalue weighted by molar-refractivity contribution is 6.30. The lowest BCUT2D eigenvalue weighted by Crippen LogP contribution is -2.46. The quantitative estimate of drug-likeness (QED) is 0.826. The third-order valence-corrected chi connectivity index (χ3v) is 3.54. The van der Waals surface area contributed by atoms with Gasteiger partial charge in [-0.05, 0) is 51.4 Å². The van der Waals surface area contributed by atoms with Gasteiger partial charge in [0.05, 0.1) is 0 Å². The second kappa shape index (κ2) is 4.87. The lowest BCUT2D eigenvalue weighted by molar-refractivity contribution is 0.416. The van der Waals surface area contributed by atoms with Crippen LogP contribution in [0.2, 0.25) is 5.02 Å². The highest BCUT2D eigenvalue weighted by atomic mass is 35.5. The van der Waals surface area contributed by atoms with E-state index in [0.717, 1.165) is 24.7 Å². The normalized spacial score (nSPS) is 20.1. The van der Waals surface area contributed by atoms with Crippen molar-refractivity contribution < 1.29 is 0 Å². The van der Waals surface area contributed by atoms with Crippen LogP contribution in [0.15, 0.2) is 18.2 Å². The third kappa shape index (κ3) is 3.14. The van der Waals surface area contributed by atoms with Crippen LogP contribution in [0, 0.1) is 6.92 Å². The Balaban J connectivity index is 2.28.